The van der Waals surface area contributed by atoms with E-state index in [1.165, 1.54) is 26.2 Å². The Hall–Kier alpha value is -1.10. The second kappa shape index (κ2) is 7.62. The van der Waals surface area contributed by atoms with Crippen LogP contribution in [0.4, 0.5) is 0 Å². The molecule has 1 aliphatic carbocycles. The van der Waals surface area contributed by atoms with Crippen LogP contribution in [0.1, 0.15) is 45.4 Å². The molecule has 3 N–H and O–H groups in total. The molecule has 0 spiro atoms. The second-order valence-electron chi connectivity index (χ2n) is 6.16. The van der Waals surface area contributed by atoms with E-state index >= 15 is 0 Å². The van der Waals surface area contributed by atoms with Crippen molar-refractivity contribution in [2.24, 2.45) is 11.8 Å². The third-order valence-corrected chi connectivity index (χ3v) is 4.53. The molecule has 0 radical (unpaired) electrons. The first-order chi connectivity index (χ1) is 9.66. The van der Waals surface area contributed by atoms with Gasteiger partial charge >= 0.3 is 0 Å². The lowest BCUT2D eigenvalue weighted by molar-refractivity contribution is -0.129. The summed E-state index contributed by atoms with van der Waals surface area (Å²) in [6.45, 7) is 4.36. The second-order valence-corrected chi connectivity index (χ2v) is 6.16. The molecule has 1 saturated carbocycles. The minimum atomic E-state index is -0.336. The molecule has 2 fully saturated rings. The maximum absolute atomic E-state index is 12.3. The molecule has 0 aromatic heterocycles. The Morgan fingerprint density at radius 3 is 2.60 bits per heavy atom. The fourth-order valence-electron chi connectivity index (χ4n) is 3.38. The summed E-state index contributed by atoms with van der Waals surface area (Å²) in [6.07, 6.45) is 6.66. The summed E-state index contributed by atoms with van der Waals surface area (Å²) in [6, 6.07) is -0.336. The Morgan fingerprint density at radius 1 is 1.25 bits per heavy atom. The van der Waals surface area contributed by atoms with Crippen LogP contribution in [0.25, 0.3) is 0 Å². The van der Waals surface area contributed by atoms with E-state index in [2.05, 4.69) is 16.0 Å². The van der Waals surface area contributed by atoms with E-state index in [4.69, 9.17) is 0 Å². The predicted molar refractivity (Wildman–Crippen MR) is 78.2 cm³/mol. The Labute approximate surface area is 121 Å². The average Bonchev–Trinajstić information content (AvgIpc) is 3.08. The molecule has 20 heavy (non-hydrogen) atoms. The van der Waals surface area contributed by atoms with Crippen LogP contribution in [0.2, 0.25) is 0 Å². The lowest BCUT2D eigenvalue weighted by Gasteiger charge is -2.23. The highest BCUT2D eigenvalue weighted by atomic mass is 16.2. The van der Waals surface area contributed by atoms with Crippen molar-refractivity contribution in [3.05, 3.63) is 0 Å². The smallest absolute Gasteiger partial charge is 0.242 e. The number of hydrogen-bond acceptors (Lipinski definition) is 3. The van der Waals surface area contributed by atoms with Gasteiger partial charge in [-0.25, -0.2) is 0 Å². The maximum Gasteiger partial charge on any atom is 0.242 e. The first kappa shape index (κ1) is 15.3. The summed E-state index contributed by atoms with van der Waals surface area (Å²) in [5, 5.41) is 9.18. The molecule has 1 heterocycles. The zero-order valence-corrected chi connectivity index (χ0v) is 12.4. The van der Waals surface area contributed by atoms with Crippen LogP contribution >= 0.6 is 0 Å². The summed E-state index contributed by atoms with van der Waals surface area (Å²) >= 11 is 0. The molecule has 0 aromatic carbocycles. The van der Waals surface area contributed by atoms with E-state index in [-0.39, 0.29) is 17.9 Å². The van der Waals surface area contributed by atoms with Crippen molar-refractivity contribution in [1.29, 1.82) is 0 Å². The van der Waals surface area contributed by atoms with Gasteiger partial charge in [0.15, 0.2) is 0 Å². The molecule has 1 saturated heterocycles. The molecular weight excluding hydrogens is 254 g/mol. The van der Waals surface area contributed by atoms with Gasteiger partial charge in [-0.3, -0.25) is 9.59 Å². The monoisotopic (exact) mass is 281 g/mol. The van der Waals surface area contributed by atoms with E-state index in [1.807, 2.05) is 0 Å². The van der Waals surface area contributed by atoms with Crippen molar-refractivity contribution < 1.29 is 9.59 Å². The SMILES string of the molecule is CC(=O)NC(C(=O)NCCC1CCNC1)C1CCCC1. The van der Waals surface area contributed by atoms with Gasteiger partial charge in [-0.05, 0) is 50.6 Å². The number of carbonyl (C=O) groups excluding carboxylic acids is 2. The lowest BCUT2D eigenvalue weighted by atomic mass is 9.97. The van der Waals surface area contributed by atoms with Crippen LogP contribution in [-0.2, 0) is 9.59 Å². The van der Waals surface area contributed by atoms with E-state index in [1.54, 1.807) is 0 Å². The minimum absolute atomic E-state index is 0.00180. The van der Waals surface area contributed by atoms with Crippen LogP contribution in [0.5, 0.6) is 0 Å². The first-order valence-electron chi connectivity index (χ1n) is 7.92. The van der Waals surface area contributed by atoms with Crippen LogP contribution in [0.3, 0.4) is 0 Å². The molecule has 0 aromatic rings. The molecule has 114 valence electrons. The molecule has 2 unspecified atom stereocenters. The molecule has 5 heteroatoms. The van der Waals surface area contributed by atoms with Crippen LogP contribution < -0.4 is 16.0 Å². The fourth-order valence-corrected chi connectivity index (χ4v) is 3.38. The van der Waals surface area contributed by atoms with Crippen molar-refractivity contribution >= 4 is 11.8 Å². The van der Waals surface area contributed by atoms with Gasteiger partial charge in [0.2, 0.25) is 11.8 Å². The van der Waals surface area contributed by atoms with Crippen LogP contribution in [0.15, 0.2) is 0 Å². The van der Waals surface area contributed by atoms with Gasteiger partial charge in [0, 0.05) is 13.5 Å². The van der Waals surface area contributed by atoms with E-state index in [9.17, 15) is 9.59 Å². The molecule has 1 aliphatic heterocycles. The summed E-state index contributed by atoms with van der Waals surface area (Å²) in [4.78, 5) is 23.6. The van der Waals surface area contributed by atoms with E-state index in [0.717, 1.165) is 32.4 Å². The van der Waals surface area contributed by atoms with Crippen LogP contribution in [0, 0.1) is 11.8 Å². The Balaban J connectivity index is 1.77. The summed E-state index contributed by atoms with van der Waals surface area (Å²) in [5.41, 5.74) is 0. The molecule has 2 rings (SSSR count). The molecule has 0 bridgehead atoms. The highest BCUT2D eigenvalue weighted by Gasteiger charge is 2.31. The van der Waals surface area contributed by atoms with Gasteiger partial charge < -0.3 is 16.0 Å². The Kier molecular flexibility index (Phi) is 5.83. The van der Waals surface area contributed by atoms with E-state index < -0.39 is 0 Å². The maximum atomic E-state index is 12.3. The lowest BCUT2D eigenvalue weighted by Crippen LogP contribution is -2.50. The summed E-state index contributed by atoms with van der Waals surface area (Å²) in [5.74, 6) is 0.878. The standard InChI is InChI=1S/C15H27N3O2/c1-11(19)18-14(13-4-2-3-5-13)15(20)17-9-7-12-6-8-16-10-12/h12-14,16H,2-10H2,1H3,(H,17,20)(H,18,19). The zero-order valence-electron chi connectivity index (χ0n) is 12.4. The third-order valence-electron chi connectivity index (χ3n) is 4.53. The van der Waals surface area contributed by atoms with Crippen molar-refractivity contribution in [3.8, 4) is 0 Å². The summed E-state index contributed by atoms with van der Waals surface area (Å²) in [7, 11) is 0. The third kappa shape index (κ3) is 4.47. The molecule has 2 atom stereocenters. The average molecular weight is 281 g/mol. The predicted octanol–water partition coefficient (Wildman–Crippen LogP) is 0.797. The number of carbonyl (C=O) groups is 2. The Morgan fingerprint density at radius 2 is 2.00 bits per heavy atom. The van der Waals surface area contributed by atoms with Crippen LogP contribution in [-0.4, -0.2) is 37.5 Å². The van der Waals surface area contributed by atoms with Crippen molar-refractivity contribution in [2.75, 3.05) is 19.6 Å². The van der Waals surface area contributed by atoms with Crippen molar-refractivity contribution in [2.45, 2.75) is 51.5 Å². The van der Waals surface area contributed by atoms with Crippen molar-refractivity contribution in [1.82, 2.24) is 16.0 Å². The van der Waals surface area contributed by atoms with Gasteiger partial charge in [0.1, 0.15) is 6.04 Å². The Bertz CT molecular complexity index is 334. The van der Waals surface area contributed by atoms with Gasteiger partial charge in [0.05, 0.1) is 0 Å². The quantitative estimate of drug-likeness (QED) is 0.674. The minimum Gasteiger partial charge on any atom is -0.354 e. The fraction of sp³-hybridized carbons (Fsp3) is 0.867. The number of amides is 2. The zero-order chi connectivity index (χ0) is 14.4. The van der Waals surface area contributed by atoms with Gasteiger partial charge in [-0.15, -0.1) is 0 Å². The first-order valence-corrected chi connectivity index (χ1v) is 7.92. The van der Waals surface area contributed by atoms with Gasteiger partial charge in [-0.1, -0.05) is 12.8 Å². The van der Waals surface area contributed by atoms with E-state index in [0.29, 0.717) is 18.4 Å². The number of hydrogen-bond donors (Lipinski definition) is 3. The van der Waals surface area contributed by atoms with Crippen molar-refractivity contribution in [3.63, 3.8) is 0 Å². The van der Waals surface area contributed by atoms with Gasteiger partial charge in [-0.2, -0.15) is 0 Å². The number of rotatable bonds is 6. The highest BCUT2D eigenvalue weighted by molar-refractivity contribution is 5.87. The number of nitrogens with one attached hydrogen (secondary N) is 3. The highest BCUT2D eigenvalue weighted by Crippen LogP contribution is 2.27. The summed E-state index contributed by atoms with van der Waals surface area (Å²) < 4.78 is 0. The molecule has 2 amide bonds. The largest absolute Gasteiger partial charge is 0.354 e. The van der Waals surface area contributed by atoms with Gasteiger partial charge in [0.25, 0.3) is 0 Å². The molecule has 2 aliphatic rings. The normalized spacial score (nSPS) is 24.6. The molecular formula is C15H27N3O2. The topological polar surface area (TPSA) is 70.2 Å². The molecule has 5 nitrogen and oxygen atoms in total.